The van der Waals surface area contributed by atoms with E-state index in [1.165, 1.54) is 0 Å². The molecule has 15 heavy (non-hydrogen) atoms. The van der Waals surface area contributed by atoms with Crippen molar-refractivity contribution in [2.45, 2.75) is 26.8 Å². The summed E-state index contributed by atoms with van der Waals surface area (Å²) >= 11 is 0. The summed E-state index contributed by atoms with van der Waals surface area (Å²) in [5.74, 6) is 0.336. The van der Waals surface area contributed by atoms with Gasteiger partial charge < -0.3 is 15.5 Å². The molecule has 1 rings (SSSR count). The molecule has 1 saturated heterocycles. The van der Waals surface area contributed by atoms with Crippen LogP contribution in [0.15, 0.2) is 0 Å². The number of piperazine rings is 1. The van der Waals surface area contributed by atoms with Gasteiger partial charge in [0.05, 0.1) is 6.04 Å². The van der Waals surface area contributed by atoms with Gasteiger partial charge >= 0.3 is 0 Å². The van der Waals surface area contributed by atoms with E-state index in [4.69, 9.17) is 5.73 Å². The van der Waals surface area contributed by atoms with Crippen molar-refractivity contribution in [3.05, 3.63) is 0 Å². The zero-order valence-corrected chi connectivity index (χ0v) is 10.1. The molecule has 0 unspecified atom stereocenters. The minimum absolute atomic E-state index is 0.112. The number of nitrogens with two attached hydrogens (primary N) is 1. The van der Waals surface area contributed by atoms with Gasteiger partial charge in [-0.1, -0.05) is 20.8 Å². The fraction of sp³-hybridized carbons (Fsp3) is 0.909. The fourth-order valence-corrected chi connectivity index (χ4v) is 1.78. The van der Waals surface area contributed by atoms with Gasteiger partial charge in [0, 0.05) is 26.2 Å². The van der Waals surface area contributed by atoms with E-state index in [1.54, 1.807) is 0 Å². The van der Waals surface area contributed by atoms with Crippen LogP contribution in [-0.2, 0) is 4.79 Å². The van der Waals surface area contributed by atoms with E-state index in [0.29, 0.717) is 0 Å². The Morgan fingerprint density at radius 1 is 1.27 bits per heavy atom. The minimum Gasteiger partial charge on any atom is -0.339 e. The number of carbonyl (C=O) groups excluding carboxylic acids is 1. The lowest BCUT2D eigenvalue weighted by molar-refractivity contribution is -0.135. The topological polar surface area (TPSA) is 49.6 Å². The van der Waals surface area contributed by atoms with Crippen LogP contribution in [0.5, 0.6) is 0 Å². The summed E-state index contributed by atoms with van der Waals surface area (Å²) in [7, 11) is 0. The largest absolute Gasteiger partial charge is 0.339 e. The smallest absolute Gasteiger partial charge is 0.239 e. The number of likely N-dealkylation sites (N-methyl/N-ethyl adjacent to an activating group) is 1. The highest BCUT2D eigenvalue weighted by Crippen LogP contribution is 2.07. The summed E-state index contributed by atoms with van der Waals surface area (Å²) in [6.45, 7) is 10.8. The minimum atomic E-state index is -0.335. The fourth-order valence-electron chi connectivity index (χ4n) is 1.78. The molecule has 0 saturated carbocycles. The van der Waals surface area contributed by atoms with Crippen molar-refractivity contribution in [1.82, 2.24) is 9.80 Å². The lowest BCUT2D eigenvalue weighted by Gasteiger charge is -2.35. The lowest BCUT2D eigenvalue weighted by atomic mass is 10.0. The average Bonchev–Trinajstić information content (AvgIpc) is 2.27. The summed E-state index contributed by atoms with van der Waals surface area (Å²) in [4.78, 5) is 16.2. The van der Waals surface area contributed by atoms with Crippen molar-refractivity contribution in [2.75, 3.05) is 32.7 Å². The second-order valence-electron chi connectivity index (χ2n) is 4.53. The molecule has 2 N–H and O–H groups in total. The van der Waals surface area contributed by atoms with Crippen LogP contribution in [0, 0.1) is 5.92 Å². The third kappa shape index (κ3) is 3.18. The maximum atomic E-state index is 11.9. The first-order valence-electron chi connectivity index (χ1n) is 5.83. The predicted molar refractivity (Wildman–Crippen MR) is 61.5 cm³/mol. The summed E-state index contributed by atoms with van der Waals surface area (Å²) in [5, 5.41) is 0. The normalized spacial score (nSPS) is 20.7. The van der Waals surface area contributed by atoms with Crippen LogP contribution in [0.1, 0.15) is 20.8 Å². The first-order chi connectivity index (χ1) is 7.06. The molecule has 88 valence electrons. The van der Waals surface area contributed by atoms with Crippen LogP contribution in [0.25, 0.3) is 0 Å². The average molecular weight is 213 g/mol. The lowest BCUT2D eigenvalue weighted by Crippen LogP contribution is -2.54. The molecule has 4 heteroatoms. The quantitative estimate of drug-likeness (QED) is 0.725. The zero-order chi connectivity index (χ0) is 11.4. The van der Waals surface area contributed by atoms with Crippen molar-refractivity contribution in [1.29, 1.82) is 0 Å². The Morgan fingerprint density at radius 2 is 1.80 bits per heavy atom. The van der Waals surface area contributed by atoms with Crippen LogP contribution in [0.2, 0.25) is 0 Å². The summed E-state index contributed by atoms with van der Waals surface area (Å²) in [6.07, 6.45) is 0. The van der Waals surface area contributed by atoms with E-state index in [2.05, 4.69) is 11.8 Å². The highest BCUT2D eigenvalue weighted by Gasteiger charge is 2.26. The van der Waals surface area contributed by atoms with Crippen molar-refractivity contribution in [3.63, 3.8) is 0 Å². The number of amides is 1. The standard InChI is InChI=1S/C11H23N3O/c1-4-13-5-7-14(8-6-13)11(15)10(12)9(2)3/h9-10H,4-8,12H2,1-3H3/t10-/m1/s1. The van der Waals surface area contributed by atoms with Gasteiger partial charge in [-0.25, -0.2) is 0 Å². The van der Waals surface area contributed by atoms with E-state index in [1.807, 2.05) is 18.7 Å². The van der Waals surface area contributed by atoms with Gasteiger partial charge in [-0.05, 0) is 12.5 Å². The number of hydrogen-bond donors (Lipinski definition) is 1. The molecule has 0 spiro atoms. The Balaban J connectivity index is 2.42. The van der Waals surface area contributed by atoms with Crippen LogP contribution >= 0.6 is 0 Å². The monoisotopic (exact) mass is 213 g/mol. The Bertz CT molecular complexity index is 210. The zero-order valence-electron chi connectivity index (χ0n) is 10.1. The van der Waals surface area contributed by atoms with Gasteiger partial charge in [0.1, 0.15) is 0 Å². The van der Waals surface area contributed by atoms with Gasteiger partial charge in [-0.15, -0.1) is 0 Å². The van der Waals surface area contributed by atoms with E-state index in [9.17, 15) is 4.79 Å². The van der Waals surface area contributed by atoms with Gasteiger partial charge in [0.2, 0.25) is 5.91 Å². The van der Waals surface area contributed by atoms with Gasteiger partial charge in [0.15, 0.2) is 0 Å². The van der Waals surface area contributed by atoms with Crippen molar-refractivity contribution >= 4 is 5.91 Å². The number of nitrogens with zero attached hydrogens (tertiary/aromatic N) is 2. The first-order valence-corrected chi connectivity index (χ1v) is 5.83. The van der Waals surface area contributed by atoms with Crippen LogP contribution in [0.4, 0.5) is 0 Å². The molecule has 0 aromatic carbocycles. The van der Waals surface area contributed by atoms with Gasteiger partial charge in [-0.3, -0.25) is 4.79 Å². The summed E-state index contributed by atoms with van der Waals surface area (Å²) < 4.78 is 0. The Kier molecular flexibility index (Phi) is 4.54. The van der Waals surface area contributed by atoms with Crippen molar-refractivity contribution < 1.29 is 4.79 Å². The van der Waals surface area contributed by atoms with E-state index >= 15 is 0 Å². The molecule has 0 radical (unpaired) electrons. The summed E-state index contributed by atoms with van der Waals surface area (Å²) in [5.41, 5.74) is 5.85. The maximum absolute atomic E-state index is 11.9. The third-order valence-corrected chi connectivity index (χ3v) is 3.13. The molecule has 0 aliphatic carbocycles. The molecule has 0 aromatic heterocycles. The highest BCUT2D eigenvalue weighted by atomic mass is 16.2. The number of rotatable bonds is 3. The van der Waals surface area contributed by atoms with Crippen molar-refractivity contribution in [2.24, 2.45) is 11.7 Å². The Labute approximate surface area is 92.4 Å². The molecule has 1 aliphatic rings. The molecule has 1 aliphatic heterocycles. The van der Waals surface area contributed by atoms with Gasteiger partial charge in [-0.2, -0.15) is 0 Å². The number of hydrogen-bond acceptors (Lipinski definition) is 3. The molecule has 0 bridgehead atoms. The molecule has 4 nitrogen and oxygen atoms in total. The van der Waals surface area contributed by atoms with E-state index in [-0.39, 0.29) is 17.9 Å². The van der Waals surface area contributed by atoms with Crippen LogP contribution < -0.4 is 5.73 Å². The molecule has 1 heterocycles. The highest BCUT2D eigenvalue weighted by molar-refractivity contribution is 5.82. The molecule has 1 fully saturated rings. The van der Waals surface area contributed by atoms with E-state index < -0.39 is 0 Å². The van der Waals surface area contributed by atoms with Crippen LogP contribution in [0.3, 0.4) is 0 Å². The SMILES string of the molecule is CCN1CCN(C(=O)[C@H](N)C(C)C)CC1. The molecule has 0 aromatic rings. The third-order valence-electron chi connectivity index (χ3n) is 3.13. The van der Waals surface area contributed by atoms with Gasteiger partial charge in [0.25, 0.3) is 0 Å². The maximum Gasteiger partial charge on any atom is 0.239 e. The van der Waals surface area contributed by atoms with Crippen LogP contribution in [-0.4, -0.2) is 54.5 Å². The molecule has 1 atom stereocenters. The van der Waals surface area contributed by atoms with E-state index in [0.717, 1.165) is 32.7 Å². The predicted octanol–water partition coefficient (Wildman–Crippen LogP) is 0.134. The Hall–Kier alpha value is -0.610. The van der Waals surface area contributed by atoms with Crippen molar-refractivity contribution in [3.8, 4) is 0 Å². The second kappa shape index (κ2) is 5.47. The molecule has 1 amide bonds. The molecular formula is C11H23N3O. The number of carbonyl (C=O) groups is 1. The summed E-state index contributed by atoms with van der Waals surface area (Å²) in [6, 6.07) is -0.335. The molecular weight excluding hydrogens is 190 g/mol. The Morgan fingerprint density at radius 3 is 2.20 bits per heavy atom. The second-order valence-corrected chi connectivity index (χ2v) is 4.53. The first kappa shape index (κ1) is 12.5.